The summed E-state index contributed by atoms with van der Waals surface area (Å²) in [5.74, 6) is 14.3. The monoisotopic (exact) mass is 850 g/mol. The quantitative estimate of drug-likeness (QED) is 0.0557. The molecule has 0 atom stereocenters. The molecule has 0 saturated carbocycles. The van der Waals surface area contributed by atoms with E-state index in [-0.39, 0.29) is 33.2 Å². The van der Waals surface area contributed by atoms with Gasteiger partial charge in [-0.15, -0.1) is 25.7 Å². The van der Waals surface area contributed by atoms with Crippen LogP contribution >= 0.6 is 0 Å². The van der Waals surface area contributed by atoms with Gasteiger partial charge in [0.15, 0.2) is 13.5 Å². The fraction of sp³-hybridized carbons (Fsp3) is 0.214. The molecule has 4 aromatic rings. The Balaban J connectivity index is 0.00000250. The molecule has 6 rings (SSSR count). The number of ether oxygens (including phenoxy) is 6. The topological polar surface area (TPSA) is 61.9 Å². The molecule has 4 aromatic carbocycles. The summed E-state index contributed by atoms with van der Waals surface area (Å²) < 4.78 is 35.7. The van der Waals surface area contributed by atoms with Crippen molar-refractivity contribution in [3.8, 4) is 94.6 Å². The van der Waals surface area contributed by atoms with E-state index in [0.717, 1.165) is 56.3 Å². The molecule has 0 spiro atoms. The smallest absolute Gasteiger partial charge is 0.161 e. The Hall–Kier alpha value is -8.04. The highest BCUT2D eigenvalue weighted by Gasteiger charge is 2.24. The molecule has 0 unspecified atom stereocenters. The zero-order valence-electron chi connectivity index (χ0n) is 36.7. The van der Waals surface area contributed by atoms with Gasteiger partial charge in [-0.3, -0.25) is 0 Å². The number of benzene rings is 4. The third-order valence-corrected chi connectivity index (χ3v) is 9.60. The maximum atomic E-state index is 6.25. The Morgan fingerprint density at radius 2 is 1.14 bits per heavy atom. The minimum absolute atomic E-state index is 0.0718. The first kappa shape index (κ1) is 47.0. The van der Waals surface area contributed by atoms with Crippen LogP contribution in [-0.2, 0) is 22.6 Å². The molecule has 0 saturated heterocycles. The van der Waals surface area contributed by atoms with Gasteiger partial charge in [-0.1, -0.05) is 106 Å². The maximum absolute atomic E-state index is 6.25. The summed E-state index contributed by atoms with van der Waals surface area (Å²) in [6.07, 6.45) is 34.9. The van der Waals surface area contributed by atoms with E-state index in [2.05, 4.69) is 72.6 Å². The van der Waals surface area contributed by atoms with Crippen molar-refractivity contribution in [1.29, 1.82) is 0 Å². The molecular formula is C56H54N2O6. The van der Waals surface area contributed by atoms with Gasteiger partial charge in [-0.05, 0) is 102 Å². The van der Waals surface area contributed by atoms with Crippen molar-refractivity contribution in [2.45, 2.75) is 39.8 Å². The number of hydrogen-bond donors (Lipinski definition) is 0. The van der Waals surface area contributed by atoms with Gasteiger partial charge < -0.3 is 38.2 Å². The van der Waals surface area contributed by atoms with Crippen LogP contribution in [0.4, 0.5) is 0 Å². The van der Waals surface area contributed by atoms with E-state index in [4.69, 9.17) is 54.1 Å². The molecule has 64 heavy (non-hydrogen) atoms. The number of terminal acetylenes is 4. The van der Waals surface area contributed by atoms with Crippen LogP contribution in [0.15, 0.2) is 157 Å². The Bertz CT molecular complexity index is 2520. The summed E-state index contributed by atoms with van der Waals surface area (Å²) in [6.45, 7) is 14.5. The molecule has 0 aromatic heterocycles. The van der Waals surface area contributed by atoms with Gasteiger partial charge in [0.1, 0.15) is 60.9 Å². The Morgan fingerprint density at radius 3 is 1.64 bits per heavy atom. The largest absolute Gasteiger partial charge is 0.481 e. The fourth-order valence-corrected chi connectivity index (χ4v) is 6.76. The molecular weight excluding hydrogens is 797 g/mol. The summed E-state index contributed by atoms with van der Waals surface area (Å²) in [5, 5.41) is 0. The van der Waals surface area contributed by atoms with Gasteiger partial charge in [0, 0.05) is 24.2 Å². The highest BCUT2D eigenvalue weighted by atomic mass is 16.5. The van der Waals surface area contributed by atoms with Crippen molar-refractivity contribution in [2.24, 2.45) is 0 Å². The van der Waals surface area contributed by atoms with Gasteiger partial charge in [0.05, 0.1) is 11.4 Å². The van der Waals surface area contributed by atoms with Crippen molar-refractivity contribution in [3.63, 3.8) is 0 Å². The first-order chi connectivity index (χ1) is 31.4. The molecule has 8 heteroatoms. The molecule has 0 amide bonds. The summed E-state index contributed by atoms with van der Waals surface area (Å²) in [6, 6.07) is 28.0. The van der Waals surface area contributed by atoms with Gasteiger partial charge in [0.2, 0.25) is 0 Å². The third kappa shape index (κ3) is 13.0. The van der Waals surface area contributed by atoms with Gasteiger partial charge in [-0.2, -0.15) is 0 Å². The fourth-order valence-electron chi connectivity index (χ4n) is 6.76. The lowest BCUT2D eigenvalue weighted by molar-refractivity contribution is 0.116. The zero-order chi connectivity index (χ0) is 45.5. The predicted octanol–water partition coefficient (Wildman–Crippen LogP) is 11.1. The summed E-state index contributed by atoms with van der Waals surface area (Å²) in [7, 11) is 0. The molecule has 8 nitrogen and oxygen atoms in total. The van der Waals surface area contributed by atoms with Crippen LogP contribution in [-0.4, -0.2) is 49.7 Å². The van der Waals surface area contributed by atoms with Crippen molar-refractivity contribution in [1.82, 2.24) is 9.80 Å². The molecule has 0 aliphatic carbocycles. The molecule has 0 N–H and O–H groups in total. The highest BCUT2D eigenvalue weighted by molar-refractivity contribution is 5.68. The number of rotatable bonds is 18. The summed E-state index contributed by atoms with van der Waals surface area (Å²) >= 11 is 0. The van der Waals surface area contributed by atoms with E-state index in [1.165, 1.54) is 6.42 Å². The molecule has 0 bridgehead atoms. The molecule has 2 aliphatic rings. The van der Waals surface area contributed by atoms with E-state index < -0.39 is 0 Å². The van der Waals surface area contributed by atoms with Gasteiger partial charge >= 0.3 is 0 Å². The highest BCUT2D eigenvalue weighted by Crippen LogP contribution is 2.35. The first-order valence-electron chi connectivity index (χ1n) is 20.9. The minimum Gasteiger partial charge on any atom is -0.481 e. The van der Waals surface area contributed by atoms with Crippen molar-refractivity contribution in [3.05, 3.63) is 169 Å². The second-order valence-electron chi connectivity index (χ2n) is 14.3. The summed E-state index contributed by atoms with van der Waals surface area (Å²) in [4.78, 5) is 4.16. The number of fused-ring (bicyclic) bond motifs is 2. The second kappa shape index (κ2) is 25.0. The van der Waals surface area contributed by atoms with E-state index >= 15 is 0 Å². The van der Waals surface area contributed by atoms with E-state index in [0.29, 0.717) is 49.3 Å². The van der Waals surface area contributed by atoms with Crippen LogP contribution in [0.5, 0.6) is 23.0 Å². The second-order valence-corrected chi connectivity index (χ2v) is 14.3. The summed E-state index contributed by atoms with van der Waals surface area (Å²) in [5.41, 5.74) is 7.70. The number of hydrogen-bond acceptors (Lipinski definition) is 8. The van der Waals surface area contributed by atoms with E-state index in [1.54, 1.807) is 12.2 Å². The number of nitrogens with zero attached hydrogens (tertiary/aromatic N) is 2. The van der Waals surface area contributed by atoms with Gasteiger partial charge in [0.25, 0.3) is 0 Å². The standard InChI is InChI=1S/C53H46N2O6.C3H8/c1-7-15-48(54-36-44-34-42(22-28-51(44)60-38-54)40-18-24-46(25-19-40)56-30-8-2)53(59-33-11-5)17-14-13-16-49(50(12-6)58-32-10-4)55-37-45-35-43(23-29-52(45)61-39-55)41-20-26-47(27-21-41)57-31-9-3;1-3-2/h2-5,7,12-13,15-29,34-35H,1,6,14,30-33,36-39H2;3H2,1-2H3/b16-13?,48-15+,50-49-,53-17+;. The predicted molar refractivity (Wildman–Crippen MR) is 257 cm³/mol. The van der Waals surface area contributed by atoms with Crippen LogP contribution in [0.3, 0.4) is 0 Å². The average Bonchev–Trinajstić information content (AvgIpc) is 3.33. The van der Waals surface area contributed by atoms with Crippen molar-refractivity contribution in [2.75, 3.05) is 39.9 Å². The van der Waals surface area contributed by atoms with E-state index in [9.17, 15) is 0 Å². The van der Waals surface area contributed by atoms with Crippen LogP contribution < -0.4 is 18.9 Å². The van der Waals surface area contributed by atoms with E-state index in [1.807, 2.05) is 97.1 Å². The minimum atomic E-state index is 0.0718. The lowest BCUT2D eigenvalue weighted by atomic mass is 10.0. The number of allylic oxidation sites excluding steroid dienone is 6. The van der Waals surface area contributed by atoms with Crippen LogP contribution in [0.1, 0.15) is 37.8 Å². The Labute approximate surface area is 379 Å². The molecule has 2 heterocycles. The SMILES string of the molecule is C#CCO/C(C=C)=C(/C=CC/C=C(OCC#C)\C(=C/C=C)N1COc2ccc(-c3ccc(OCC#C)cc3)cc2C1)N1COc2ccc(-c3ccc(OCC#C)cc3)cc2C1.CCC. The maximum Gasteiger partial charge on any atom is 0.161 e. The average molecular weight is 851 g/mol. The Morgan fingerprint density at radius 1 is 0.656 bits per heavy atom. The zero-order valence-corrected chi connectivity index (χ0v) is 36.7. The molecule has 0 radical (unpaired) electrons. The lowest BCUT2D eigenvalue weighted by Gasteiger charge is -2.33. The normalized spacial score (nSPS) is 13.3. The van der Waals surface area contributed by atoms with Crippen molar-refractivity contribution < 1.29 is 28.4 Å². The Kier molecular flexibility index (Phi) is 18.4. The lowest BCUT2D eigenvalue weighted by Crippen LogP contribution is -2.32. The first-order valence-corrected chi connectivity index (χ1v) is 20.9. The van der Waals surface area contributed by atoms with Crippen LogP contribution in [0.25, 0.3) is 22.3 Å². The molecule has 0 fully saturated rings. The van der Waals surface area contributed by atoms with Gasteiger partial charge in [-0.25, -0.2) is 0 Å². The third-order valence-electron chi connectivity index (χ3n) is 9.60. The molecule has 2 aliphatic heterocycles. The van der Waals surface area contributed by atoms with Crippen molar-refractivity contribution >= 4 is 0 Å². The molecule has 324 valence electrons. The van der Waals surface area contributed by atoms with Crippen LogP contribution in [0.2, 0.25) is 0 Å². The van der Waals surface area contributed by atoms with Crippen LogP contribution in [0, 0.1) is 49.4 Å².